The van der Waals surface area contributed by atoms with Crippen molar-refractivity contribution >= 4 is 5.91 Å². The standard InChI is InChI=1S/C16H25N3O3/c1-18-16(20)13-10-12(17)11-19(13)8-5-9-22-15-7-4-3-6-14(15)21-2/h3-4,6-7,12-13H,5,8-11,17H2,1-2H3,(H,18,20)/t12-,13+/m1/s1. The van der Waals surface area contributed by atoms with Crippen LogP contribution in [0.15, 0.2) is 24.3 Å². The summed E-state index contributed by atoms with van der Waals surface area (Å²) in [5.41, 5.74) is 5.97. The van der Waals surface area contributed by atoms with Gasteiger partial charge < -0.3 is 20.5 Å². The number of nitrogens with two attached hydrogens (primary N) is 1. The van der Waals surface area contributed by atoms with Gasteiger partial charge in [0.15, 0.2) is 11.5 Å². The number of methoxy groups -OCH3 is 1. The quantitative estimate of drug-likeness (QED) is 0.722. The number of ether oxygens (including phenoxy) is 2. The van der Waals surface area contributed by atoms with E-state index >= 15 is 0 Å². The molecule has 2 atom stereocenters. The van der Waals surface area contributed by atoms with E-state index in [4.69, 9.17) is 15.2 Å². The summed E-state index contributed by atoms with van der Waals surface area (Å²) >= 11 is 0. The van der Waals surface area contributed by atoms with Crippen LogP contribution >= 0.6 is 0 Å². The molecule has 0 radical (unpaired) electrons. The maximum absolute atomic E-state index is 11.9. The maximum Gasteiger partial charge on any atom is 0.237 e. The van der Waals surface area contributed by atoms with E-state index in [2.05, 4.69) is 10.2 Å². The summed E-state index contributed by atoms with van der Waals surface area (Å²) in [6.45, 7) is 2.13. The van der Waals surface area contributed by atoms with Gasteiger partial charge in [0.2, 0.25) is 5.91 Å². The molecule has 1 aromatic carbocycles. The Morgan fingerprint density at radius 1 is 1.41 bits per heavy atom. The van der Waals surface area contributed by atoms with Gasteiger partial charge >= 0.3 is 0 Å². The second-order valence-electron chi connectivity index (χ2n) is 5.47. The van der Waals surface area contributed by atoms with Gasteiger partial charge in [0.05, 0.1) is 19.8 Å². The van der Waals surface area contributed by atoms with Crippen LogP contribution in [-0.2, 0) is 4.79 Å². The summed E-state index contributed by atoms with van der Waals surface area (Å²) in [6, 6.07) is 7.53. The van der Waals surface area contributed by atoms with Gasteiger partial charge in [-0.15, -0.1) is 0 Å². The molecule has 1 saturated heterocycles. The van der Waals surface area contributed by atoms with Gasteiger partial charge in [0.25, 0.3) is 0 Å². The van der Waals surface area contributed by atoms with E-state index in [-0.39, 0.29) is 18.0 Å². The van der Waals surface area contributed by atoms with E-state index in [0.717, 1.165) is 31.0 Å². The summed E-state index contributed by atoms with van der Waals surface area (Å²) in [5, 5.41) is 2.70. The van der Waals surface area contributed by atoms with Gasteiger partial charge in [-0.25, -0.2) is 0 Å². The van der Waals surface area contributed by atoms with Crippen LogP contribution in [0, 0.1) is 0 Å². The topological polar surface area (TPSA) is 76.8 Å². The zero-order valence-electron chi connectivity index (χ0n) is 13.2. The number of carbonyl (C=O) groups excluding carboxylic acids is 1. The van der Waals surface area contributed by atoms with Crippen molar-refractivity contribution in [3.63, 3.8) is 0 Å². The maximum atomic E-state index is 11.9. The van der Waals surface area contributed by atoms with Crippen molar-refractivity contribution in [1.29, 1.82) is 0 Å². The Hall–Kier alpha value is -1.79. The molecule has 1 amide bonds. The molecule has 0 spiro atoms. The number of benzene rings is 1. The molecular weight excluding hydrogens is 282 g/mol. The molecule has 0 saturated carbocycles. The largest absolute Gasteiger partial charge is 0.493 e. The van der Waals surface area contributed by atoms with Crippen molar-refractivity contribution < 1.29 is 14.3 Å². The Kier molecular flexibility index (Phi) is 6.03. The van der Waals surface area contributed by atoms with Crippen LogP contribution in [0.2, 0.25) is 0 Å². The highest BCUT2D eigenvalue weighted by atomic mass is 16.5. The van der Waals surface area contributed by atoms with Crippen LogP contribution in [0.4, 0.5) is 0 Å². The minimum Gasteiger partial charge on any atom is -0.493 e. The SMILES string of the molecule is CNC(=O)[C@@H]1C[C@@H](N)CN1CCCOc1ccccc1OC. The summed E-state index contributed by atoms with van der Waals surface area (Å²) in [7, 11) is 3.29. The second kappa shape index (κ2) is 8.00. The first-order valence-electron chi connectivity index (χ1n) is 7.62. The lowest BCUT2D eigenvalue weighted by Gasteiger charge is -2.22. The molecule has 3 N–H and O–H groups in total. The second-order valence-corrected chi connectivity index (χ2v) is 5.47. The predicted octanol–water partition coefficient (Wildman–Crippen LogP) is 0.612. The third-order valence-corrected chi connectivity index (χ3v) is 3.90. The van der Waals surface area contributed by atoms with E-state index in [1.54, 1.807) is 14.2 Å². The zero-order chi connectivity index (χ0) is 15.9. The van der Waals surface area contributed by atoms with E-state index < -0.39 is 0 Å². The number of hydrogen-bond acceptors (Lipinski definition) is 5. The van der Waals surface area contributed by atoms with Crippen LogP contribution in [0.1, 0.15) is 12.8 Å². The van der Waals surface area contributed by atoms with E-state index in [1.807, 2.05) is 24.3 Å². The molecule has 1 aromatic rings. The number of likely N-dealkylation sites (N-methyl/N-ethyl adjacent to an activating group) is 1. The average Bonchev–Trinajstić information content (AvgIpc) is 2.92. The fourth-order valence-corrected chi connectivity index (χ4v) is 2.81. The normalized spacial score (nSPS) is 21.6. The van der Waals surface area contributed by atoms with Crippen molar-refractivity contribution in [1.82, 2.24) is 10.2 Å². The molecule has 0 aliphatic carbocycles. The molecule has 1 aliphatic rings. The molecule has 6 nitrogen and oxygen atoms in total. The van der Waals surface area contributed by atoms with Crippen LogP contribution in [0.3, 0.4) is 0 Å². The fourth-order valence-electron chi connectivity index (χ4n) is 2.81. The highest BCUT2D eigenvalue weighted by Crippen LogP contribution is 2.26. The number of rotatable bonds is 7. The molecule has 2 rings (SSSR count). The molecule has 1 fully saturated rings. The molecule has 1 aliphatic heterocycles. The van der Waals surface area contributed by atoms with Crippen molar-refractivity contribution in [2.75, 3.05) is 33.9 Å². The first-order chi connectivity index (χ1) is 10.7. The van der Waals surface area contributed by atoms with Gasteiger partial charge in [-0.3, -0.25) is 9.69 Å². The lowest BCUT2D eigenvalue weighted by Crippen LogP contribution is -2.42. The molecule has 0 aromatic heterocycles. The van der Waals surface area contributed by atoms with Crippen LogP contribution < -0.4 is 20.5 Å². The molecule has 0 unspecified atom stereocenters. The van der Waals surface area contributed by atoms with Crippen LogP contribution in [-0.4, -0.2) is 56.7 Å². The summed E-state index contributed by atoms with van der Waals surface area (Å²) < 4.78 is 11.0. The number of carbonyl (C=O) groups is 1. The van der Waals surface area contributed by atoms with Crippen LogP contribution in [0.5, 0.6) is 11.5 Å². The third kappa shape index (κ3) is 4.11. The number of hydrogen-bond donors (Lipinski definition) is 2. The minimum atomic E-state index is -0.119. The average molecular weight is 307 g/mol. The number of amides is 1. The lowest BCUT2D eigenvalue weighted by molar-refractivity contribution is -0.125. The third-order valence-electron chi connectivity index (χ3n) is 3.90. The zero-order valence-corrected chi connectivity index (χ0v) is 13.2. The smallest absolute Gasteiger partial charge is 0.237 e. The van der Waals surface area contributed by atoms with Crippen molar-refractivity contribution in [2.45, 2.75) is 24.9 Å². The van der Waals surface area contributed by atoms with Gasteiger partial charge in [-0.2, -0.15) is 0 Å². The molecule has 1 heterocycles. The molecule has 122 valence electrons. The predicted molar refractivity (Wildman–Crippen MR) is 85.1 cm³/mol. The van der Waals surface area contributed by atoms with E-state index in [1.165, 1.54) is 0 Å². The van der Waals surface area contributed by atoms with Gasteiger partial charge in [0.1, 0.15) is 0 Å². The van der Waals surface area contributed by atoms with Gasteiger partial charge in [-0.1, -0.05) is 12.1 Å². The van der Waals surface area contributed by atoms with Gasteiger partial charge in [-0.05, 0) is 25.0 Å². The Labute approximate surface area is 131 Å². The van der Waals surface area contributed by atoms with Crippen molar-refractivity contribution in [3.8, 4) is 11.5 Å². The fraction of sp³-hybridized carbons (Fsp3) is 0.562. The lowest BCUT2D eigenvalue weighted by atomic mass is 10.1. The number of likely N-dealkylation sites (tertiary alicyclic amines) is 1. The Balaban J connectivity index is 1.79. The van der Waals surface area contributed by atoms with E-state index in [0.29, 0.717) is 13.0 Å². The van der Waals surface area contributed by atoms with Crippen molar-refractivity contribution in [2.24, 2.45) is 5.73 Å². The van der Waals surface area contributed by atoms with E-state index in [9.17, 15) is 4.79 Å². The summed E-state index contributed by atoms with van der Waals surface area (Å²) in [6.07, 6.45) is 1.55. The van der Waals surface area contributed by atoms with Gasteiger partial charge in [0, 0.05) is 26.2 Å². The molecule has 22 heavy (non-hydrogen) atoms. The molecule has 0 bridgehead atoms. The summed E-state index contributed by atoms with van der Waals surface area (Å²) in [4.78, 5) is 14.0. The molecular formula is C16H25N3O3. The Morgan fingerprint density at radius 2 is 2.14 bits per heavy atom. The highest BCUT2D eigenvalue weighted by molar-refractivity contribution is 5.81. The highest BCUT2D eigenvalue weighted by Gasteiger charge is 2.34. The first-order valence-corrected chi connectivity index (χ1v) is 7.62. The number of nitrogens with one attached hydrogen (secondary N) is 1. The number of nitrogens with zero attached hydrogens (tertiary/aromatic N) is 1. The monoisotopic (exact) mass is 307 g/mol. The first kappa shape index (κ1) is 16.6. The minimum absolute atomic E-state index is 0.0404. The Morgan fingerprint density at radius 3 is 2.82 bits per heavy atom. The Bertz CT molecular complexity index is 495. The number of para-hydroxylation sites is 2. The summed E-state index contributed by atoms with van der Waals surface area (Å²) in [5.74, 6) is 1.51. The van der Waals surface area contributed by atoms with Crippen molar-refractivity contribution in [3.05, 3.63) is 24.3 Å². The van der Waals surface area contributed by atoms with Crippen LogP contribution in [0.25, 0.3) is 0 Å². The molecule has 6 heteroatoms.